The minimum atomic E-state index is -1.33. The Morgan fingerprint density at radius 1 is 1.35 bits per heavy atom. The zero-order valence-electron chi connectivity index (χ0n) is 16.4. The molecule has 1 saturated heterocycles. The van der Waals surface area contributed by atoms with Crippen molar-refractivity contribution in [1.82, 2.24) is 15.7 Å². The Labute approximate surface area is 155 Å². The van der Waals surface area contributed by atoms with Crippen LogP contribution in [-0.2, 0) is 14.4 Å². The Balaban J connectivity index is 1.98. The monoisotopic (exact) mass is 365 g/mol. The van der Waals surface area contributed by atoms with Gasteiger partial charge in [0, 0.05) is 26.1 Å². The van der Waals surface area contributed by atoms with E-state index in [4.69, 9.17) is 14.3 Å². The minimum Gasteiger partial charge on any atom is -0.497 e. The predicted molar refractivity (Wildman–Crippen MR) is 99.7 cm³/mol. The quantitative estimate of drug-likeness (QED) is 0.696. The van der Waals surface area contributed by atoms with Gasteiger partial charge in [-0.25, -0.2) is 0 Å². The zero-order chi connectivity index (χ0) is 19.2. The molecule has 1 unspecified atom stereocenters. The first-order valence-corrected chi connectivity index (χ1v) is 9.14. The van der Waals surface area contributed by atoms with E-state index in [1.54, 1.807) is 7.11 Å². The van der Waals surface area contributed by atoms with Gasteiger partial charge >= 0.3 is 0 Å². The van der Waals surface area contributed by atoms with E-state index in [2.05, 4.69) is 36.5 Å². The molecule has 1 heterocycles. The van der Waals surface area contributed by atoms with E-state index in [-0.39, 0.29) is 18.0 Å². The fourth-order valence-corrected chi connectivity index (χ4v) is 3.25. The van der Waals surface area contributed by atoms with Crippen LogP contribution in [0.3, 0.4) is 0 Å². The average molecular weight is 365 g/mol. The summed E-state index contributed by atoms with van der Waals surface area (Å²) in [4.78, 5) is 20.6. The van der Waals surface area contributed by atoms with Crippen LogP contribution in [0.15, 0.2) is 24.3 Å². The van der Waals surface area contributed by atoms with Crippen molar-refractivity contribution in [2.45, 2.75) is 45.1 Å². The zero-order valence-corrected chi connectivity index (χ0v) is 16.4. The third-order valence-electron chi connectivity index (χ3n) is 5.03. The van der Waals surface area contributed by atoms with Crippen LogP contribution in [0.2, 0.25) is 0 Å². The molecule has 2 N–H and O–H groups in total. The topological polar surface area (TPSA) is 72.1 Å². The fourth-order valence-electron chi connectivity index (χ4n) is 3.25. The number of benzene rings is 1. The number of methoxy groups -OCH3 is 2. The third kappa shape index (κ3) is 4.54. The van der Waals surface area contributed by atoms with Crippen LogP contribution in [0.1, 0.15) is 38.8 Å². The van der Waals surface area contributed by atoms with Crippen molar-refractivity contribution in [3.63, 3.8) is 0 Å². The molecule has 1 amide bonds. The van der Waals surface area contributed by atoms with E-state index in [0.717, 1.165) is 24.4 Å². The summed E-state index contributed by atoms with van der Waals surface area (Å²) in [5.74, 6) is -0.801. The number of nitrogens with zero attached hydrogens (tertiary/aromatic N) is 1. The molecule has 3 atom stereocenters. The van der Waals surface area contributed by atoms with Crippen molar-refractivity contribution < 1.29 is 19.1 Å². The highest BCUT2D eigenvalue weighted by atomic mass is 16.8. The maximum atomic E-state index is 12.7. The van der Waals surface area contributed by atoms with Gasteiger partial charge in [-0.3, -0.25) is 14.5 Å². The van der Waals surface area contributed by atoms with E-state index in [1.807, 2.05) is 24.3 Å². The smallest absolute Gasteiger partial charge is 0.282 e. The Morgan fingerprint density at radius 2 is 2.00 bits per heavy atom. The first-order valence-electron chi connectivity index (χ1n) is 9.14. The summed E-state index contributed by atoms with van der Waals surface area (Å²) in [5, 5.41) is 2.96. The molecule has 2 rings (SSSR count). The molecule has 0 spiro atoms. The van der Waals surface area contributed by atoms with Gasteiger partial charge in [0.1, 0.15) is 5.75 Å². The van der Waals surface area contributed by atoms with Gasteiger partial charge in [0.05, 0.1) is 13.2 Å². The molecule has 1 aromatic rings. The van der Waals surface area contributed by atoms with E-state index >= 15 is 0 Å². The Hall–Kier alpha value is -1.67. The molecular formula is C19H31N3O4. The van der Waals surface area contributed by atoms with E-state index in [9.17, 15) is 4.79 Å². The lowest BCUT2D eigenvalue weighted by Crippen LogP contribution is -2.52. The second-order valence-electron chi connectivity index (χ2n) is 6.49. The lowest BCUT2D eigenvalue weighted by molar-refractivity contribution is -0.218. The van der Waals surface area contributed by atoms with Crippen LogP contribution < -0.4 is 15.5 Å². The lowest BCUT2D eigenvalue weighted by atomic mass is 10.00. The molecule has 1 fully saturated rings. The average Bonchev–Trinajstić information content (AvgIpc) is 3.13. The van der Waals surface area contributed by atoms with Crippen molar-refractivity contribution in [3.8, 4) is 5.75 Å². The van der Waals surface area contributed by atoms with Gasteiger partial charge in [0.2, 0.25) is 0 Å². The van der Waals surface area contributed by atoms with Gasteiger partial charge in [-0.15, -0.1) is 0 Å². The molecule has 0 saturated carbocycles. The lowest BCUT2D eigenvalue weighted by Gasteiger charge is -2.29. The molecule has 0 aliphatic carbocycles. The first kappa shape index (κ1) is 20.6. The molecular weight excluding hydrogens is 334 g/mol. The maximum absolute atomic E-state index is 12.7. The van der Waals surface area contributed by atoms with E-state index in [1.165, 1.54) is 7.11 Å². The van der Waals surface area contributed by atoms with Crippen LogP contribution in [0, 0.1) is 0 Å². The molecule has 1 aliphatic heterocycles. The summed E-state index contributed by atoms with van der Waals surface area (Å²) >= 11 is 0. The summed E-state index contributed by atoms with van der Waals surface area (Å²) in [6.07, 6.45) is 0.390. The molecule has 0 bridgehead atoms. The van der Waals surface area contributed by atoms with Gasteiger partial charge in [-0.1, -0.05) is 26.0 Å². The van der Waals surface area contributed by atoms with Crippen LogP contribution in [0.5, 0.6) is 5.75 Å². The van der Waals surface area contributed by atoms with Crippen LogP contribution >= 0.6 is 0 Å². The normalized spacial score (nSPS) is 23.8. The highest BCUT2D eigenvalue weighted by Gasteiger charge is 2.48. The third-order valence-corrected chi connectivity index (χ3v) is 5.03. The molecule has 1 aromatic carbocycles. The van der Waals surface area contributed by atoms with Crippen molar-refractivity contribution in [3.05, 3.63) is 29.8 Å². The number of nitrogens with one attached hydrogen (secondary N) is 2. The number of carbonyl (C=O) groups excluding carboxylic acids is 1. The molecule has 7 nitrogen and oxygen atoms in total. The second-order valence-corrected chi connectivity index (χ2v) is 6.49. The first-order chi connectivity index (χ1) is 12.5. The van der Waals surface area contributed by atoms with Crippen molar-refractivity contribution in [2.75, 3.05) is 33.9 Å². The Bertz CT molecular complexity index is 577. The van der Waals surface area contributed by atoms with Gasteiger partial charge < -0.3 is 14.8 Å². The number of hydrogen-bond acceptors (Lipinski definition) is 6. The fraction of sp³-hybridized carbons (Fsp3) is 0.632. The Morgan fingerprint density at radius 3 is 2.54 bits per heavy atom. The van der Waals surface area contributed by atoms with Crippen molar-refractivity contribution >= 4 is 5.91 Å². The number of hydrogen-bond donors (Lipinski definition) is 2. The van der Waals surface area contributed by atoms with Crippen molar-refractivity contribution in [2.24, 2.45) is 0 Å². The number of ether oxygens (including phenoxy) is 2. The second kappa shape index (κ2) is 9.32. The highest BCUT2D eigenvalue weighted by molar-refractivity contribution is 5.84. The van der Waals surface area contributed by atoms with Gasteiger partial charge in [-0.2, -0.15) is 5.48 Å². The molecule has 7 heteroatoms. The van der Waals surface area contributed by atoms with Gasteiger partial charge in [0.25, 0.3) is 11.7 Å². The summed E-state index contributed by atoms with van der Waals surface area (Å²) in [6, 6.07) is 7.78. The van der Waals surface area contributed by atoms with Crippen LogP contribution in [-0.4, -0.2) is 56.5 Å². The SMILES string of the molecule is CCN(CC)C(C)CNC(=O)[C@@]1(OC)C[C@H](c2ccc(OC)cc2)NO1. The highest BCUT2D eigenvalue weighted by Crippen LogP contribution is 2.34. The summed E-state index contributed by atoms with van der Waals surface area (Å²) in [6.45, 7) is 8.76. The number of likely N-dealkylation sites (N-methyl/N-ethyl adjacent to an activating group) is 1. The molecule has 1 aliphatic rings. The summed E-state index contributed by atoms with van der Waals surface area (Å²) in [5.41, 5.74) is 3.94. The van der Waals surface area contributed by atoms with Gasteiger partial charge in [-0.05, 0) is 37.7 Å². The van der Waals surface area contributed by atoms with Gasteiger partial charge in [0.15, 0.2) is 0 Å². The standard InChI is InChI=1S/C19H31N3O4/c1-6-22(7-2)14(3)13-20-18(23)19(25-5)12-17(21-26-19)15-8-10-16(24-4)11-9-15/h8-11,14,17,21H,6-7,12-13H2,1-5H3,(H,20,23)/t14?,17-,19-/m1/s1. The molecule has 146 valence electrons. The minimum absolute atomic E-state index is 0.133. The van der Waals surface area contributed by atoms with E-state index < -0.39 is 5.79 Å². The number of amides is 1. The number of carbonyl (C=O) groups is 1. The number of hydroxylamine groups is 1. The van der Waals surface area contributed by atoms with E-state index in [0.29, 0.717) is 13.0 Å². The molecule has 0 radical (unpaired) electrons. The summed E-state index contributed by atoms with van der Waals surface area (Å²) in [7, 11) is 3.12. The van der Waals surface area contributed by atoms with Crippen LogP contribution in [0.25, 0.3) is 0 Å². The maximum Gasteiger partial charge on any atom is 0.282 e. The number of rotatable bonds is 9. The predicted octanol–water partition coefficient (Wildman–Crippen LogP) is 1.85. The van der Waals surface area contributed by atoms with Crippen molar-refractivity contribution in [1.29, 1.82) is 0 Å². The van der Waals surface area contributed by atoms with Crippen LogP contribution in [0.4, 0.5) is 0 Å². The Kier molecular flexibility index (Phi) is 7.40. The molecule has 26 heavy (non-hydrogen) atoms. The molecule has 0 aromatic heterocycles. The largest absolute Gasteiger partial charge is 0.497 e. The summed E-state index contributed by atoms with van der Waals surface area (Å²) < 4.78 is 10.6.